The fourth-order valence-electron chi connectivity index (χ4n) is 1.02. The summed E-state index contributed by atoms with van der Waals surface area (Å²) in [6.07, 6.45) is 1.73. The Balaban J connectivity index is 3.05. The zero-order valence-corrected chi connectivity index (χ0v) is 7.80. The van der Waals surface area contributed by atoms with Crippen LogP contribution in [0.25, 0.3) is 0 Å². The van der Waals surface area contributed by atoms with Gasteiger partial charge in [0.05, 0.1) is 7.11 Å². The van der Waals surface area contributed by atoms with Crippen molar-refractivity contribution in [2.45, 2.75) is 6.92 Å². The Labute approximate surface area is 77.8 Å². The molecule has 1 radical (unpaired) electrons. The van der Waals surface area contributed by atoms with E-state index in [2.05, 4.69) is 6.58 Å². The number of halogens is 1. The van der Waals surface area contributed by atoms with Crippen molar-refractivity contribution in [3.63, 3.8) is 0 Å². The van der Waals surface area contributed by atoms with E-state index in [0.29, 0.717) is 0 Å². The normalized spacial score (nSPS) is 10.2. The van der Waals surface area contributed by atoms with E-state index in [9.17, 15) is 4.39 Å². The molecule has 0 atom stereocenters. The molecular formula is C11H12FO. The molecule has 69 valence electrons. The molecule has 0 fully saturated rings. The summed E-state index contributed by atoms with van der Waals surface area (Å²) in [4.78, 5) is 0. The molecule has 0 N–H and O–H groups in total. The fraction of sp³-hybridized carbons (Fsp3) is 0.182. The first-order valence-electron chi connectivity index (χ1n) is 3.99. The van der Waals surface area contributed by atoms with E-state index in [0.717, 1.165) is 11.5 Å². The van der Waals surface area contributed by atoms with Crippen molar-refractivity contribution in [3.8, 4) is 5.75 Å². The highest BCUT2D eigenvalue weighted by atomic mass is 19.1. The summed E-state index contributed by atoms with van der Waals surface area (Å²) in [7, 11) is 1.45. The maximum atomic E-state index is 13.0. The maximum absolute atomic E-state index is 13.0. The molecule has 0 unspecified atom stereocenters. The Bertz CT molecular complexity index is 307. The number of benzene rings is 1. The van der Waals surface area contributed by atoms with Gasteiger partial charge in [-0.1, -0.05) is 19.1 Å². The third-order valence-corrected chi connectivity index (χ3v) is 1.91. The zero-order valence-electron chi connectivity index (χ0n) is 7.80. The van der Waals surface area contributed by atoms with Gasteiger partial charge in [-0.25, -0.2) is 4.39 Å². The minimum Gasteiger partial charge on any atom is -0.494 e. The number of allylic oxidation sites excluding steroid dienone is 1. The molecular weight excluding hydrogens is 167 g/mol. The van der Waals surface area contributed by atoms with Crippen molar-refractivity contribution in [3.05, 3.63) is 48.2 Å². The Hall–Kier alpha value is -1.31. The fourth-order valence-corrected chi connectivity index (χ4v) is 1.02. The summed E-state index contributed by atoms with van der Waals surface area (Å²) in [6, 6.07) is 4.75. The lowest BCUT2D eigenvalue weighted by Gasteiger charge is -2.08. The van der Waals surface area contributed by atoms with Gasteiger partial charge in [0.2, 0.25) is 0 Å². The number of methoxy groups -OCH3 is 1. The highest BCUT2D eigenvalue weighted by Crippen LogP contribution is 2.23. The third kappa shape index (κ3) is 2.08. The molecule has 0 aliphatic carbocycles. The molecule has 2 heteroatoms. The van der Waals surface area contributed by atoms with Crippen LogP contribution in [0, 0.1) is 11.7 Å². The van der Waals surface area contributed by atoms with Gasteiger partial charge in [-0.05, 0) is 17.7 Å². The number of ether oxygens (including phenoxy) is 1. The van der Waals surface area contributed by atoms with Gasteiger partial charge in [0.25, 0.3) is 0 Å². The highest BCUT2D eigenvalue weighted by Gasteiger charge is 2.06. The van der Waals surface area contributed by atoms with Crippen LogP contribution in [-0.4, -0.2) is 7.11 Å². The van der Waals surface area contributed by atoms with Crippen LogP contribution in [0.2, 0.25) is 0 Å². The average molecular weight is 179 g/mol. The molecule has 13 heavy (non-hydrogen) atoms. The van der Waals surface area contributed by atoms with Crippen molar-refractivity contribution < 1.29 is 9.13 Å². The van der Waals surface area contributed by atoms with E-state index in [-0.39, 0.29) is 11.6 Å². The lowest BCUT2D eigenvalue weighted by molar-refractivity contribution is 0.386. The standard InChI is InChI=1S/C11H12FO/c1-4-8(2)9-5-6-10(12)11(7-9)13-3/h4-7H,1H2,2-3H3. The van der Waals surface area contributed by atoms with Gasteiger partial charge in [0.1, 0.15) is 0 Å². The van der Waals surface area contributed by atoms with Crippen molar-refractivity contribution in [2.24, 2.45) is 0 Å². The van der Waals surface area contributed by atoms with Crippen LogP contribution < -0.4 is 4.74 Å². The monoisotopic (exact) mass is 179 g/mol. The SMILES string of the molecule is C=C[C](C)c1ccc(F)c(OC)c1. The molecule has 1 rings (SSSR count). The molecule has 0 saturated heterocycles. The first-order valence-corrected chi connectivity index (χ1v) is 3.99. The van der Waals surface area contributed by atoms with Crippen LogP contribution in [0.5, 0.6) is 5.75 Å². The Morgan fingerprint density at radius 2 is 2.23 bits per heavy atom. The van der Waals surface area contributed by atoms with E-state index in [4.69, 9.17) is 4.74 Å². The summed E-state index contributed by atoms with van der Waals surface area (Å²) >= 11 is 0. The molecule has 0 amide bonds. The van der Waals surface area contributed by atoms with Crippen LogP contribution in [0.4, 0.5) is 4.39 Å². The molecule has 1 aromatic carbocycles. The summed E-state index contributed by atoms with van der Waals surface area (Å²) in [5.74, 6) is 0.917. The predicted molar refractivity (Wildman–Crippen MR) is 51.2 cm³/mol. The largest absolute Gasteiger partial charge is 0.494 e. The van der Waals surface area contributed by atoms with Gasteiger partial charge in [-0.2, -0.15) is 0 Å². The number of hydrogen-bond acceptors (Lipinski definition) is 1. The first-order chi connectivity index (χ1) is 6.19. The van der Waals surface area contributed by atoms with E-state index < -0.39 is 0 Å². The Kier molecular flexibility index (Phi) is 3.07. The van der Waals surface area contributed by atoms with Crippen LogP contribution >= 0.6 is 0 Å². The molecule has 0 aliphatic heterocycles. The van der Waals surface area contributed by atoms with E-state index in [1.54, 1.807) is 18.2 Å². The van der Waals surface area contributed by atoms with E-state index in [1.807, 2.05) is 6.92 Å². The summed E-state index contributed by atoms with van der Waals surface area (Å²) in [5, 5.41) is 0. The smallest absolute Gasteiger partial charge is 0.165 e. The topological polar surface area (TPSA) is 9.23 Å². The van der Waals surface area contributed by atoms with Gasteiger partial charge in [0.15, 0.2) is 11.6 Å². The van der Waals surface area contributed by atoms with Crippen LogP contribution in [0.3, 0.4) is 0 Å². The molecule has 1 nitrogen and oxygen atoms in total. The van der Waals surface area contributed by atoms with Crippen LogP contribution in [0.1, 0.15) is 12.5 Å². The van der Waals surface area contributed by atoms with Gasteiger partial charge in [-0.15, -0.1) is 6.58 Å². The van der Waals surface area contributed by atoms with Crippen molar-refractivity contribution >= 4 is 0 Å². The van der Waals surface area contributed by atoms with Crippen molar-refractivity contribution in [2.75, 3.05) is 7.11 Å². The lowest BCUT2D eigenvalue weighted by Crippen LogP contribution is -1.93. The third-order valence-electron chi connectivity index (χ3n) is 1.91. The van der Waals surface area contributed by atoms with Crippen LogP contribution in [0.15, 0.2) is 30.9 Å². The quantitative estimate of drug-likeness (QED) is 0.693. The molecule has 1 aromatic rings. The molecule has 0 aliphatic rings. The zero-order chi connectivity index (χ0) is 9.84. The van der Waals surface area contributed by atoms with Gasteiger partial charge >= 0.3 is 0 Å². The molecule has 0 saturated carbocycles. The summed E-state index contributed by atoms with van der Waals surface area (Å²) in [6.45, 7) is 5.56. The predicted octanol–water partition coefficient (Wildman–Crippen LogP) is 2.96. The van der Waals surface area contributed by atoms with Crippen LogP contribution in [-0.2, 0) is 0 Å². The minimum absolute atomic E-state index is 0.263. The maximum Gasteiger partial charge on any atom is 0.165 e. The van der Waals surface area contributed by atoms with E-state index in [1.165, 1.54) is 13.2 Å². The second kappa shape index (κ2) is 4.08. The van der Waals surface area contributed by atoms with Crippen molar-refractivity contribution in [1.29, 1.82) is 0 Å². The molecule has 0 heterocycles. The van der Waals surface area contributed by atoms with Gasteiger partial charge in [-0.3, -0.25) is 0 Å². The second-order valence-electron chi connectivity index (χ2n) is 2.74. The first kappa shape index (κ1) is 9.78. The molecule has 0 bridgehead atoms. The summed E-state index contributed by atoms with van der Waals surface area (Å²) in [5.41, 5.74) is 0.924. The molecule has 0 aromatic heterocycles. The minimum atomic E-state index is -0.344. The summed E-state index contributed by atoms with van der Waals surface area (Å²) < 4.78 is 17.8. The number of hydrogen-bond donors (Lipinski definition) is 0. The average Bonchev–Trinajstić information content (AvgIpc) is 2.17. The number of rotatable bonds is 3. The second-order valence-corrected chi connectivity index (χ2v) is 2.74. The Morgan fingerprint density at radius 1 is 1.54 bits per heavy atom. The van der Waals surface area contributed by atoms with Gasteiger partial charge < -0.3 is 4.74 Å². The van der Waals surface area contributed by atoms with Gasteiger partial charge in [0, 0.05) is 5.92 Å². The molecule has 0 spiro atoms. The van der Waals surface area contributed by atoms with Crippen molar-refractivity contribution in [1.82, 2.24) is 0 Å². The highest BCUT2D eigenvalue weighted by molar-refractivity contribution is 5.40. The van der Waals surface area contributed by atoms with E-state index >= 15 is 0 Å². The lowest BCUT2D eigenvalue weighted by atomic mass is 10.0. The Morgan fingerprint density at radius 3 is 2.77 bits per heavy atom.